The van der Waals surface area contributed by atoms with Gasteiger partial charge in [0.2, 0.25) is 5.91 Å². The smallest absolute Gasteiger partial charge is 0.252 e. The molecule has 0 spiro atoms. The maximum atomic E-state index is 13.4. The van der Waals surface area contributed by atoms with Crippen LogP contribution in [0.4, 0.5) is 5.69 Å². The molecule has 4 rings (SSSR count). The van der Waals surface area contributed by atoms with E-state index in [9.17, 15) is 9.59 Å². The molecule has 1 aromatic heterocycles. The Morgan fingerprint density at radius 3 is 2.49 bits per heavy atom. The van der Waals surface area contributed by atoms with Gasteiger partial charge in [0.15, 0.2) is 0 Å². The second-order valence-electron chi connectivity index (χ2n) is 9.79. The highest BCUT2D eigenvalue weighted by atomic mass is 35.5. The number of anilines is 1. The zero-order valence-electron chi connectivity index (χ0n) is 22.5. The highest BCUT2D eigenvalue weighted by molar-refractivity contribution is 6.30. The predicted octanol–water partition coefficient (Wildman–Crippen LogP) is 4.02. The van der Waals surface area contributed by atoms with E-state index in [1.54, 1.807) is 11.0 Å². The normalized spacial score (nSPS) is 15.3. The molecule has 0 fully saturated rings. The third-order valence-electron chi connectivity index (χ3n) is 6.89. The zero-order valence-corrected chi connectivity index (χ0v) is 23.3. The quantitative estimate of drug-likeness (QED) is 0.420. The summed E-state index contributed by atoms with van der Waals surface area (Å²) in [4.78, 5) is 36.7. The molecule has 0 unspecified atom stereocenters. The van der Waals surface area contributed by atoms with Crippen LogP contribution in [-0.2, 0) is 34.0 Å². The number of halogens is 1. The first-order valence-corrected chi connectivity index (χ1v) is 13.9. The topological polar surface area (TPSA) is 83.8 Å². The number of hydrogen-bond acceptors (Lipinski definition) is 6. The lowest BCUT2D eigenvalue weighted by Gasteiger charge is -2.31. The minimum absolute atomic E-state index is 0.00769. The lowest BCUT2D eigenvalue weighted by atomic mass is 10.1. The van der Waals surface area contributed by atoms with Crippen molar-refractivity contribution >= 4 is 29.1 Å². The van der Waals surface area contributed by atoms with Crippen molar-refractivity contribution in [1.29, 1.82) is 0 Å². The fourth-order valence-corrected chi connectivity index (χ4v) is 5.07. The molecule has 2 amide bonds. The Balaban J connectivity index is 1.54. The Morgan fingerprint density at radius 1 is 0.974 bits per heavy atom. The van der Waals surface area contributed by atoms with Gasteiger partial charge >= 0.3 is 0 Å². The van der Waals surface area contributed by atoms with E-state index in [0.29, 0.717) is 39.0 Å². The summed E-state index contributed by atoms with van der Waals surface area (Å²) in [7, 11) is 1.54. The predicted molar refractivity (Wildman–Crippen MR) is 151 cm³/mol. The Kier molecular flexibility index (Phi) is 10.9. The van der Waals surface area contributed by atoms with Crippen LogP contribution >= 0.6 is 11.6 Å². The van der Waals surface area contributed by atoms with Gasteiger partial charge in [-0.2, -0.15) is 5.10 Å². The molecule has 0 bridgehead atoms. The van der Waals surface area contributed by atoms with Crippen LogP contribution in [0.2, 0.25) is 5.02 Å². The number of aryl methyl sites for hydroxylation is 1. The van der Waals surface area contributed by atoms with E-state index in [1.165, 1.54) is 19.0 Å². The maximum Gasteiger partial charge on any atom is 0.252 e. The molecule has 9 nitrogen and oxygen atoms in total. The third kappa shape index (κ3) is 8.61. The van der Waals surface area contributed by atoms with E-state index in [4.69, 9.17) is 16.3 Å². The lowest BCUT2D eigenvalue weighted by molar-refractivity contribution is -0.132. The highest BCUT2D eigenvalue weighted by Crippen LogP contribution is 2.24. The average molecular weight is 553 g/mol. The molecular formula is C29H37ClN6O3. The molecule has 0 aliphatic carbocycles. The van der Waals surface area contributed by atoms with Gasteiger partial charge in [-0.1, -0.05) is 41.9 Å². The Bertz CT molecular complexity index is 1190. The molecule has 2 aromatic carbocycles. The van der Waals surface area contributed by atoms with Crippen molar-refractivity contribution in [2.24, 2.45) is 0 Å². The number of hydrogen-bond donors (Lipinski definition) is 0. The van der Waals surface area contributed by atoms with Gasteiger partial charge in [-0.3, -0.25) is 19.2 Å². The molecule has 1 aliphatic heterocycles. The van der Waals surface area contributed by atoms with E-state index in [0.717, 1.165) is 48.7 Å². The summed E-state index contributed by atoms with van der Waals surface area (Å²) >= 11 is 6.09. The Labute approximate surface area is 235 Å². The number of para-hydroxylation sites is 1. The summed E-state index contributed by atoms with van der Waals surface area (Å²) in [6.45, 7) is 4.77. The summed E-state index contributed by atoms with van der Waals surface area (Å²) < 4.78 is 6.94. The van der Waals surface area contributed by atoms with Crippen molar-refractivity contribution in [2.45, 2.75) is 45.3 Å². The van der Waals surface area contributed by atoms with Crippen molar-refractivity contribution in [2.75, 3.05) is 44.8 Å². The molecule has 2 heterocycles. The van der Waals surface area contributed by atoms with Crippen molar-refractivity contribution in [3.8, 4) is 0 Å². The first kappa shape index (κ1) is 28.7. The monoisotopic (exact) mass is 552 g/mol. The minimum atomic E-state index is -0.0861. The van der Waals surface area contributed by atoms with Gasteiger partial charge in [-0.25, -0.2) is 4.98 Å². The molecule has 3 aromatic rings. The number of carbonyl (C=O) groups excluding carboxylic acids is 2. The van der Waals surface area contributed by atoms with Crippen LogP contribution in [-0.4, -0.2) is 76.3 Å². The summed E-state index contributed by atoms with van der Waals surface area (Å²) in [5.41, 5.74) is 2.99. The molecule has 0 N–H and O–H groups in total. The van der Waals surface area contributed by atoms with Crippen LogP contribution in [0.15, 0.2) is 61.2 Å². The molecule has 208 valence electrons. The van der Waals surface area contributed by atoms with Gasteiger partial charge < -0.3 is 14.5 Å². The first-order chi connectivity index (χ1) is 19.0. The van der Waals surface area contributed by atoms with Crippen LogP contribution in [0.25, 0.3) is 0 Å². The number of aromatic nitrogens is 3. The van der Waals surface area contributed by atoms with Gasteiger partial charge in [-0.05, 0) is 48.6 Å². The minimum Gasteiger partial charge on any atom is -0.375 e. The summed E-state index contributed by atoms with van der Waals surface area (Å²) in [5, 5.41) is 4.85. The number of rotatable bonds is 8. The standard InChI is InChI=1S/C29H37ClN6O3/c1-39-21-29(38)36-18-6-15-33(19-24-10-12-26(30)13-11-24)14-5-16-34(20-25-7-2-3-8-27(25)36)28(37)9-4-17-35-23-31-22-32-35/h2-3,7-8,10-13,22-23H,4-6,9,14-21H2,1H3. The van der Waals surface area contributed by atoms with E-state index >= 15 is 0 Å². The number of amides is 2. The van der Waals surface area contributed by atoms with Crippen LogP contribution in [0.1, 0.15) is 36.8 Å². The van der Waals surface area contributed by atoms with Gasteiger partial charge in [-0.15, -0.1) is 0 Å². The van der Waals surface area contributed by atoms with E-state index in [2.05, 4.69) is 15.0 Å². The first-order valence-electron chi connectivity index (χ1n) is 13.5. The number of ether oxygens (including phenoxy) is 1. The third-order valence-corrected chi connectivity index (χ3v) is 7.14. The van der Waals surface area contributed by atoms with Crippen LogP contribution in [0, 0.1) is 0 Å². The molecule has 39 heavy (non-hydrogen) atoms. The van der Waals surface area contributed by atoms with Crippen molar-refractivity contribution in [3.05, 3.63) is 77.3 Å². The fourth-order valence-electron chi connectivity index (χ4n) is 4.94. The number of carbonyl (C=O) groups is 2. The van der Waals surface area contributed by atoms with Gasteiger partial charge in [0.05, 0.1) is 0 Å². The van der Waals surface area contributed by atoms with Gasteiger partial charge in [0.1, 0.15) is 19.3 Å². The SMILES string of the molecule is COCC(=O)N1CCCN(Cc2ccc(Cl)cc2)CCCN(C(=O)CCCn2cncn2)Cc2ccccc21. The zero-order chi connectivity index (χ0) is 27.5. The van der Waals surface area contributed by atoms with E-state index in [1.807, 2.05) is 58.3 Å². The summed E-state index contributed by atoms with van der Waals surface area (Å²) in [6, 6.07) is 15.8. The fraction of sp³-hybridized carbons (Fsp3) is 0.448. The molecule has 0 atom stereocenters. The largest absolute Gasteiger partial charge is 0.375 e. The second-order valence-corrected chi connectivity index (χ2v) is 10.2. The number of fused-ring (bicyclic) bond motifs is 1. The molecule has 1 aliphatic rings. The van der Waals surface area contributed by atoms with Crippen LogP contribution in [0.3, 0.4) is 0 Å². The molecule has 10 heteroatoms. The molecular weight excluding hydrogens is 516 g/mol. The Hall–Kier alpha value is -3.27. The highest BCUT2D eigenvalue weighted by Gasteiger charge is 2.23. The molecule has 0 saturated carbocycles. The lowest BCUT2D eigenvalue weighted by Crippen LogP contribution is -2.40. The van der Waals surface area contributed by atoms with Gasteiger partial charge in [0, 0.05) is 70.1 Å². The van der Waals surface area contributed by atoms with E-state index in [-0.39, 0.29) is 18.4 Å². The number of nitrogens with zero attached hydrogens (tertiary/aromatic N) is 6. The molecule has 0 saturated heterocycles. The van der Waals surface area contributed by atoms with E-state index < -0.39 is 0 Å². The second kappa shape index (κ2) is 14.8. The number of benzene rings is 2. The van der Waals surface area contributed by atoms with Crippen LogP contribution in [0.5, 0.6) is 0 Å². The number of methoxy groups -OCH3 is 1. The van der Waals surface area contributed by atoms with Crippen molar-refractivity contribution < 1.29 is 14.3 Å². The summed E-state index contributed by atoms with van der Waals surface area (Å²) in [6.07, 6.45) is 5.95. The maximum absolute atomic E-state index is 13.4. The summed E-state index contributed by atoms with van der Waals surface area (Å²) in [5.74, 6) is 0.0120. The Morgan fingerprint density at radius 2 is 1.74 bits per heavy atom. The molecule has 0 radical (unpaired) electrons. The average Bonchev–Trinajstić information content (AvgIpc) is 3.45. The van der Waals surface area contributed by atoms with Gasteiger partial charge in [0.25, 0.3) is 5.91 Å². The van der Waals surface area contributed by atoms with Crippen molar-refractivity contribution in [1.82, 2.24) is 24.6 Å². The van der Waals surface area contributed by atoms with Crippen molar-refractivity contribution in [3.63, 3.8) is 0 Å². The van der Waals surface area contributed by atoms with Crippen LogP contribution < -0.4 is 4.90 Å².